The monoisotopic (exact) mass is 315 g/mol. The maximum absolute atomic E-state index is 12.7. The number of aromatic nitrogens is 1. The largest absolute Gasteiger partial charge is 0.386 e. The van der Waals surface area contributed by atoms with Crippen LogP contribution in [0, 0.1) is 0 Å². The van der Waals surface area contributed by atoms with Crippen molar-refractivity contribution in [1.29, 1.82) is 0 Å². The molecule has 5 nitrogen and oxygen atoms in total. The molecule has 1 aromatic heterocycles. The second-order valence-electron chi connectivity index (χ2n) is 5.10. The first kappa shape index (κ1) is 14.7. The van der Waals surface area contributed by atoms with Gasteiger partial charge in [0.1, 0.15) is 0 Å². The van der Waals surface area contributed by atoms with Crippen molar-refractivity contribution >= 4 is 10.0 Å². The van der Waals surface area contributed by atoms with Gasteiger partial charge in [0.2, 0.25) is 0 Å². The normalized spacial score (nSPS) is 16.3. The lowest BCUT2D eigenvalue weighted by molar-refractivity contribution is 0.393. The third-order valence-corrected chi connectivity index (χ3v) is 5.25. The Morgan fingerprint density at radius 2 is 1.86 bits per heavy atom. The molecule has 1 aliphatic rings. The fourth-order valence-electron chi connectivity index (χ4n) is 2.37. The zero-order chi connectivity index (χ0) is 15.6. The maximum Gasteiger partial charge on any atom is 0.260 e. The second kappa shape index (κ2) is 5.90. The van der Waals surface area contributed by atoms with E-state index in [1.165, 1.54) is 10.4 Å². The lowest BCUT2D eigenvalue weighted by atomic mass is 10.1. The van der Waals surface area contributed by atoms with E-state index in [0.29, 0.717) is 24.5 Å². The minimum absolute atomic E-state index is 0.0727. The summed E-state index contributed by atoms with van der Waals surface area (Å²) in [4.78, 5) is 4.34. The van der Waals surface area contributed by atoms with Gasteiger partial charge < -0.3 is 5.32 Å². The van der Waals surface area contributed by atoms with Gasteiger partial charge in [0.15, 0.2) is 5.03 Å². The molecule has 0 spiro atoms. The topological polar surface area (TPSA) is 62.3 Å². The van der Waals surface area contributed by atoms with E-state index < -0.39 is 10.0 Å². The number of piperazine rings is 1. The molecule has 0 bridgehead atoms. The molecular formula is C16H17N3O2S. The Labute approximate surface area is 130 Å². The third kappa shape index (κ3) is 2.88. The molecule has 1 saturated heterocycles. The molecule has 3 rings (SSSR count). The SMILES string of the molecule is C=C1CN(S(=O)(=O)c2cccc(-c3ccccc3)n2)CCN1. The van der Waals surface area contributed by atoms with E-state index in [1.54, 1.807) is 6.07 Å². The Morgan fingerprint density at radius 3 is 2.59 bits per heavy atom. The van der Waals surface area contributed by atoms with E-state index in [9.17, 15) is 8.42 Å². The van der Waals surface area contributed by atoms with Crippen LogP contribution < -0.4 is 5.32 Å². The minimum atomic E-state index is -3.60. The molecule has 0 atom stereocenters. The van der Waals surface area contributed by atoms with Gasteiger partial charge in [0, 0.05) is 24.4 Å². The molecule has 0 aliphatic carbocycles. The van der Waals surface area contributed by atoms with Crippen LogP contribution in [-0.2, 0) is 10.0 Å². The van der Waals surface area contributed by atoms with Crippen molar-refractivity contribution in [3.8, 4) is 11.3 Å². The van der Waals surface area contributed by atoms with E-state index in [4.69, 9.17) is 0 Å². The van der Waals surface area contributed by atoms with Crippen LogP contribution in [0.4, 0.5) is 0 Å². The van der Waals surface area contributed by atoms with Crippen LogP contribution in [0.25, 0.3) is 11.3 Å². The summed E-state index contributed by atoms with van der Waals surface area (Å²) in [5, 5.41) is 3.12. The number of hydrogen-bond donors (Lipinski definition) is 1. The van der Waals surface area contributed by atoms with Crippen LogP contribution in [0.3, 0.4) is 0 Å². The van der Waals surface area contributed by atoms with E-state index in [2.05, 4.69) is 16.9 Å². The molecule has 2 aromatic rings. The van der Waals surface area contributed by atoms with Crippen molar-refractivity contribution in [3.63, 3.8) is 0 Å². The average molecular weight is 315 g/mol. The fraction of sp³-hybridized carbons (Fsp3) is 0.188. The van der Waals surface area contributed by atoms with Crippen LogP contribution in [-0.4, -0.2) is 37.3 Å². The lowest BCUT2D eigenvalue weighted by Crippen LogP contribution is -2.44. The van der Waals surface area contributed by atoms with E-state index >= 15 is 0 Å². The quantitative estimate of drug-likeness (QED) is 0.939. The number of benzene rings is 1. The van der Waals surface area contributed by atoms with Crippen LogP contribution in [0.5, 0.6) is 0 Å². The number of hydrogen-bond acceptors (Lipinski definition) is 4. The lowest BCUT2D eigenvalue weighted by Gasteiger charge is -2.28. The highest BCUT2D eigenvalue weighted by Gasteiger charge is 2.28. The third-order valence-electron chi connectivity index (χ3n) is 3.50. The summed E-state index contributed by atoms with van der Waals surface area (Å²) in [6.07, 6.45) is 0. The molecular weight excluding hydrogens is 298 g/mol. The molecule has 1 N–H and O–H groups in total. The summed E-state index contributed by atoms with van der Waals surface area (Å²) in [7, 11) is -3.60. The molecule has 0 radical (unpaired) electrons. The van der Waals surface area contributed by atoms with Gasteiger partial charge in [-0.2, -0.15) is 4.31 Å². The molecule has 1 fully saturated rings. The van der Waals surface area contributed by atoms with Gasteiger partial charge in [-0.15, -0.1) is 0 Å². The Morgan fingerprint density at radius 1 is 1.09 bits per heavy atom. The molecule has 22 heavy (non-hydrogen) atoms. The Balaban J connectivity index is 1.96. The highest BCUT2D eigenvalue weighted by atomic mass is 32.2. The van der Waals surface area contributed by atoms with Crippen LogP contribution in [0.2, 0.25) is 0 Å². The first-order valence-corrected chi connectivity index (χ1v) is 8.46. The second-order valence-corrected chi connectivity index (χ2v) is 6.98. The molecule has 0 unspecified atom stereocenters. The summed E-state index contributed by atoms with van der Waals surface area (Å²) < 4.78 is 26.8. The van der Waals surface area contributed by atoms with Crippen molar-refractivity contribution in [3.05, 3.63) is 60.8 Å². The number of rotatable bonds is 3. The first-order valence-electron chi connectivity index (χ1n) is 7.02. The summed E-state index contributed by atoms with van der Waals surface area (Å²) >= 11 is 0. The van der Waals surface area contributed by atoms with Gasteiger partial charge in [-0.25, -0.2) is 13.4 Å². The highest BCUT2D eigenvalue weighted by molar-refractivity contribution is 7.89. The van der Waals surface area contributed by atoms with Crippen molar-refractivity contribution in [2.45, 2.75) is 5.03 Å². The van der Waals surface area contributed by atoms with Crippen molar-refractivity contribution in [2.75, 3.05) is 19.6 Å². The zero-order valence-corrected chi connectivity index (χ0v) is 12.9. The van der Waals surface area contributed by atoms with Gasteiger partial charge in [0.05, 0.1) is 12.2 Å². The number of nitrogens with one attached hydrogen (secondary N) is 1. The summed E-state index contributed by atoms with van der Waals surface area (Å²) in [6.45, 7) is 5.06. The molecule has 1 aromatic carbocycles. The molecule has 2 heterocycles. The van der Waals surface area contributed by atoms with Gasteiger partial charge in [-0.05, 0) is 12.1 Å². The van der Waals surface area contributed by atoms with Crippen molar-refractivity contribution < 1.29 is 8.42 Å². The van der Waals surface area contributed by atoms with Crippen LogP contribution in [0.15, 0.2) is 65.8 Å². The molecule has 1 aliphatic heterocycles. The number of pyridine rings is 1. The smallest absolute Gasteiger partial charge is 0.260 e. The minimum Gasteiger partial charge on any atom is -0.386 e. The maximum atomic E-state index is 12.7. The van der Waals surface area contributed by atoms with Gasteiger partial charge in [-0.3, -0.25) is 0 Å². The highest BCUT2D eigenvalue weighted by Crippen LogP contribution is 2.21. The van der Waals surface area contributed by atoms with Crippen LogP contribution >= 0.6 is 0 Å². The van der Waals surface area contributed by atoms with E-state index in [1.807, 2.05) is 36.4 Å². The van der Waals surface area contributed by atoms with Gasteiger partial charge >= 0.3 is 0 Å². The molecule has 0 saturated carbocycles. The predicted molar refractivity (Wildman–Crippen MR) is 85.6 cm³/mol. The standard InChI is InChI=1S/C16H17N3O2S/c1-13-12-19(11-10-17-13)22(20,21)16-9-5-8-15(18-16)14-6-3-2-4-7-14/h2-9,17H,1,10-12H2. The van der Waals surface area contributed by atoms with Crippen molar-refractivity contribution in [1.82, 2.24) is 14.6 Å². The average Bonchev–Trinajstić information content (AvgIpc) is 2.56. The van der Waals surface area contributed by atoms with Gasteiger partial charge in [0.25, 0.3) is 10.0 Å². The Bertz CT molecular complexity index is 788. The first-order chi connectivity index (χ1) is 10.6. The summed E-state index contributed by atoms with van der Waals surface area (Å²) in [5.74, 6) is 0. The summed E-state index contributed by atoms with van der Waals surface area (Å²) in [5.41, 5.74) is 2.24. The number of nitrogens with zero attached hydrogens (tertiary/aromatic N) is 2. The van der Waals surface area contributed by atoms with Gasteiger partial charge in [-0.1, -0.05) is 43.0 Å². The summed E-state index contributed by atoms with van der Waals surface area (Å²) in [6, 6.07) is 14.6. The van der Waals surface area contributed by atoms with E-state index in [0.717, 1.165) is 5.56 Å². The van der Waals surface area contributed by atoms with Crippen LogP contribution in [0.1, 0.15) is 0 Å². The predicted octanol–water partition coefficient (Wildman–Crippen LogP) is 1.86. The molecule has 114 valence electrons. The van der Waals surface area contributed by atoms with E-state index in [-0.39, 0.29) is 11.6 Å². The molecule has 0 amide bonds. The Hall–Kier alpha value is -2.18. The Kier molecular flexibility index (Phi) is 3.96. The zero-order valence-electron chi connectivity index (χ0n) is 12.1. The molecule has 6 heteroatoms. The number of sulfonamides is 1. The van der Waals surface area contributed by atoms with Crippen molar-refractivity contribution in [2.24, 2.45) is 0 Å². The fourth-order valence-corrected chi connectivity index (χ4v) is 3.76.